The fourth-order valence-corrected chi connectivity index (χ4v) is 4.43. The Labute approximate surface area is 176 Å². The Morgan fingerprint density at radius 3 is 1.60 bits per heavy atom. The van der Waals surface area contributed by atoms with E-state index in [9.17, 15) is 8.42 Å². The van der Waals surface area contributed by atoms with E-state index in [-0.39, 0.29) is 18.7 Å². The number of ether oxygens (including phenoxy) is 2. The Morgan fingerprint density at radius 1 is 0.767 bits per heavy atom. The van der Waals surface area contributed by atoms with Gasteiger partial charge in [0.25, 0.3) is 10.0 Å². The first-order chi connectivity index (χ1) is 14.4. The molecule has 7 heteroatoms. The average Bonchev–Trinajstić information content (AvgIpc) is 2.79. The highest BCUT2D eigenvalue weighted by Crippen LogP contribution is 2.30. The van der Waals surface area contributed by atoms with Crippen LogP contribution in [0, 0.1) is 0 Å². The largest absolute Gasteiger partial charge is 0.497 e. The molecule has 3 rings (SSSR count). The monoisotopic (exact) mass is 429 g/mol. The van der Waals surface area contributed by atoms with Gasteiger partial charge in [-0.3, -0.25) is 0 Å². The summed E-state index contributed by atoms with van der Waals surface area (Å²) in [6.07, 6.45) is 0. The molecule has 30 heavy (non-hydrogen) atoms. The van der Waals surface area contributed by atoms with Crippen molar-refractivity contribution in [2.24, 2.45) is 0 Å². The summed E-state index contributed by atoms with van der Waals surface area (Å²) in [4.78, 5) is 0. The van der Waals surface area contributed by atoms with Crippen molar-refractivity contribution in [2.75, 3.05) is 14.2 Å². The normalized spacial score (nSPS) is 12.5. The van der Waals surface area contributed by atoms with Gasteiger partial charge in [0, 0.05) is 18.7 Å². The van der Waals surface area contributed by atoms with E-state index in [0.717, 1.165) is 15.4 Å². The number of hydrogen-bond acceptors (Lipinski definition) is 4. The molecule has 1 unspecified atom stereocenters. The molecule has 3 aromatic carbocycles. The molecule has 0 saturated carbocycles. The molecule has 0 aliphatic heterocycles. The fourth-order valence-electron chi connectivity index (χ4n) is 3.01. The minimum atomic E-state index is -4.28. The van der Waals surface area contributed by atoms with Crippen LogP contribution in [0.25, 0.3) is 0 Å². The molecule has 0 N–H and O–H groups in total. The molecule has 0 spiro atoms. The zero-order valence-corrected chi connectivity index (χ0v) is 17.7. The maximum atomic E-state index is 15.1. The van der Waals surface area contributed by atoms with E-state index in [0.29, 0.717) is 11.5 Å². The fraction of sp³-hybridized carbons (Fsp3) is 0.217. The summed E-state index contributed by atoms with van der Waals surface area (Å²) in [6, 6.07) is 22.0. The zero-order chi connectivity index (χ0) is 21.6. The van der Waals surface area contributed by atoms with Gasteiger partial charge in [-0.15, -0.1) is 0 Å². The summed E-state index contributed by atoms with van der Waals surface area (Å²) < 4.78 is 53.0. The van der Waals surface area contributed by atoms with E-state index in [2.05, 4.69) is 0 Å². The van der Waals surface area contributed by atoms with Crippen LogP contribution in [0.5, 0.6) is 11.5 Å². The summed E-state index contributed by atoms with van der Waals surface area (Å²) in [7, 11) is -1.16. The molecule has 0 saturated heterocycles. The van der Waals surface area contributed by atoms with Crippen LogP contribution in [-0.4, -0.2) is 26.9 Å². The summed E-state index contributed by atoms with van der Waals surface area (Å²) in [5, 5.41) is 0. The van der Waals surface area contributed by atoms with Crippen molar-refractivity contribution in [1.29, 1.82) is 0 Å². The molecule has 0 aromatic heterocycles. The molecule has 3 aromatic rings. The summed E-state index contributed by atoms with van der Waals surface area (Å²) in [6.45, 7) is 0.0667. The molecular weight excluding hydrogens is 405 g/mol. The van der Waals surface area contributed by atoms with E-state index < -0.39 is 15.5 Å². The van der Waals surface area contributed by atoms with Gasteiger partial charge in [-0.25, -0.2) is 12.8 Å². The minimum Gasteiger partial charge on any atom is -0.497 e. The van der Waals surface area contributed by atoms with Crippen LogP contribution in [0.4, 0.5) is 4.39 Å². The predicted octanol–water partition coefficient (Wildman–Crippen LogP) is 4.70. The number of hydrogen-bond donors (Lipinski definition) is 0. The van der Waals surface area contributed by atoms with Crippen molar-refractivity contribution >= 4 is 10.0 Å². The maximum Gasteiger partial charge on any atom is 0.251 e. The number of halogens is 1. The van der Waals surface area contributed by atoms with E-state index in [4.69, 9.17) is 9.47 Å². The molecular formula is C23H24FNO4S. The molecule has 1 atom stereocenters. The van der Waals surface area contributed by atoms with Gasteiger partial charge in [-0.2, -0.15) is 4.31 Å². The molecule has 0 aliphatic rings. The van der Waals surface area contributed by atoms with Gasteiger partial charge in [0.2, 0.25) is 5.50 Å². The lowest BCUT2D eigenvalue weighted by molar-refractivity contribution is 0.350. The first-order valence-electron chi connectivity index (χ1n) is 9.38. The molecule has 0 radical (unpaired) electrons. The number of rotatable bonds is 9. The smallest absolute Gasteiger partial charge is 0.251 e. The van der Waals surface area contributed by atoms with E-state index in [1.54, 1.807) is 80.9 Å². The second-order valence-corrected chi connectivity index (χ2v) is 8.70. The van der Waals surface area contributed by atoms with Gasteiger partial charge in [0.15, 0.2) is 0 Å². The minimum absolute atomic E-state index is 0.0333. The predicted molar refractivity (Wildman–Crippen MR) is 114 cm³/mol. The average molecular weight is 430 g/mol. The molecule has 158 valence electrons. The highest BCUT2D eigenvalue weighted by atomic mass is 32.2. The van der Waals surface area contributed by atoms with Gasteiger partial charge in [-0.1, -0.05) is 54.6 Å². The van der Waals surface area contributed by atoms with Crippen LogP contribution in [-0.2, 0) is 23.1 Å². The Balaban J connectivity index is 1.92. The van der Waals surface area contributed by atoms with Gasteiger partial charge in [0.05, 0.1) is 14.2 Å². The standard InChI is InChI=1S/C23H24FNO4S/c1-28-21-12-8-18(9-13-21)16-25(17-19-10-14-22(29-2)15-11-19)30(26,27)23(24)20-6-4-3-5-7-20/h3-15,23H,16-17H2,1-2H3. The van der Waals surface area contributed by atoms with Crippen LogP contribution >= 0.6 is 0 Å². The van der Waals surface area contributed by atoms with Crippen LogP contribution in [0.3, 0.4) is 0 Å². The Morgan fingerprint density at radius 2 is 1.20 bits per heavy atom. The molecule has 0 amide bonds. The van der Waals surface area contributed by atoms with Gasteiger partial charge < -0.3 is 9.47 Å². The summed E-state index contributed by atoms with van der Waals surface area (Å²) in [5.41, 5.74) is -0.594. The highest BCUT2D eigenvalue weighted by molar-refractivity contribution is 7.89. The van der Waals surface area contributed by atoms with E-state index in [1.165, 1.54) is 12.1 Å². The summed E-state index contributed by atoms with van der Waals surface area (Å²) in [5.74, 6) is 1.33. The number of benzene rings is 3. The lowest BCUT2D eigenvalue weighted by Gasteiger charge is -2.25. The van der Waals surface area contributed by atoms with Crippen LogP contribution in [0.15, 0.2) is 78.9 Å². The molecule has 5 nitrogen and oxygen atoms in total. The molecule has 0 heterocycles. The van der Waals surface area contributed by atoms with Crippen molar-refractivity contribution in [3.63, 3.8) is 0 Å². The third-order valence-corrected chi connectivity index (χ3v) is 6.49. The number of sulfonamides is 1. The maximum absolute atomic E-state index is 15.1. The molecule has 0 bridgehead atoms. The van der Waals surface area contributed by atoms with Crippen molar-refractivity contribution in [3.8, 4) is 11.5 Å². The summed E-state index contributed by atoms with van der Waals surface area (Å²) >= 11 is 0. The second kappa shape index (κ2) is 9.73. The number of alkyl halides is 1. The van der Waals surface area contributed by atoms with Crippen molar-refractivity contribution in [2.45, 2.75) is 18.6 Å². The van der Waals surface area contributed by atoms with E-state index >= 15 is 4.39 Å². The molecule has 0 aliphatic carbocycles. The topological polar surface area (TPSA) is 55.8 Å². The number of nitrogens with zero attached hydrogens (tertiary/aromatic N) is 1. The van der Waals surface area contributed by atoms with Crippen molar-refractivity contribution in [3.05, 3.63) is 95.6 Å². The quantitative estimate of drug-likeness (QED) is 0.495. The lowest BCUT2D eigenvalue weighted by Crippen LogP contribution is -2.33. The SMILES string of the molecule is COc1ccc(CN(Cc2ccc(OC)cc2)S(=O)(=O)C(F)c2ccccc2)cc1. The first-order valence-corrected chi connectivity index (χ1v) is 10.9. The zero-order valence-electron chi connectivity index (χ0n) is 16.9. The third kappa shape index (κ3) is 5.17. The first kappa shape index (κ1) is 21.8. The van der Waals surface area contributed by atoms with Crippen LogP contribution in [0.1, 0.15) is 22.2 Å². The van der Waals surface area contributed by atoms with Crippen molar-refractivity contribution < 1.29 is 22.3 Å². The van der Waals surface area contributed by atoms with Gasteiger partial charge in [0.1, 0.15) is 11.5 Å². The lowest BCUT2D eigenvalue weighted by atomic mass is 10.2. The Hall–Kier alpha value is -2.90. The third-order valence-electron chi connectivity index (χ3n) is 4.72. The Bertz CT molecular complexity index is 989. The van der Waals surface area contributed by atoms with Crippen LogP contribution < -0.4 is 9.47 Å². The Kier molecular flexibility index (Phi) is 7.07. The van der Waals surface area contributed by atoms with Gasteiger partial charge in [-0.05, 0) is 35.4 Å². The van der Waals surface area contributed by atoms with Crippen LogP contribution in [0.2, 0.25) is 0 Å². The van der Waals surface area contributed by atoms with Crippen molar-refractivity contribution in [1.82, 2.24) is 4.31 Å². The van der Waals surface area contributed by atoms with E-state index in [1.807, 2.05) is 0 Å². The number of methoxy groups -OCH3 is 2. The van der Waals surface area contributed by atoms with Gasteiger partial charge >= 0.3 is 0 Å². The highest BCUT2D eigenvalue weighted by Gasteiger charge is 2.33. The molecule has 0 fully saturated rings. The second-order valence-electron chi connectivity index (χ2n) is 6.74.